The number of methoxy groups -OCH3 is 1. The number of aromatic nitrogens is 1. The number of hydrogen-bond acceptors (Lipinski definition) is 7. The third-order valence-electron chi connectivity index (χ3n) is 10.1. The minimum Gasteiger partial charge on any atom is -0.394 e. The second-order valence-electron chi connectivity index (χ2n) is 13.0. The van der Waals surface area contributed by atoms with Crippen molar-refractivity contribution in [2.45, 2.75) is 87.1 Å². The molecule has 0 unspecified atom stereocenters. The van der Waals surface area contributed by atoms with Gasteiger partial charge in [0.15, 0.2) is 0 Å². The molecule has 2 saturated heterocycles. The normalized spacial score (nSPS) is 33.0. The van der Waals surface area contributed by atoms with Gasteiger partial charge in [0, 0.05) is 29.2 Å². The summed E-state index contributed by atoms with van der Waals surface area (Å²) in [6.45, 7) is 4.59. The minimum atomic E-state index is -1.14. The number of carbonyl (C=O) groups excluding carboxylic acids is 2. The summed E-state index contributed by atoms with van der Waals surface area (Å²) < 4.78 is 11.4. The number of benzene rings is 1. The van der Waals surface area contributed by atoms with Gasteiger partial charge in [0.1, 0.15) is 22.5 Å². The molecular formula is C31H38Cl2N4O5. The fourth-order valence-electron chi connectivity index (χ4n) is 7.91. The molecule has 1 aromatic carbocycles. The lowest BCUT2D eigenvalue weighted by atomic mass is 9.53. The number of anilines is 1. The summed E-state index contributed by atoms with van der Waals surface area (Å²) in [6, 6.07) is 9.97. The Hall–Kier alpha value is -2.27. The maximum Gasteiger partial charge on any atom is 0.238 e. The van der Waals surface area contributed by atoms with Crippen LogP contribution >= 0.6 is 23.2 Å². The van der Waals surface area contributed by atoms with Crippen LogP contribution in [0.25, 0.3) is 0 Å². The number of nitrogens with one attached hydrogen (secondary N) is 3. The number of ether oxygens (including phenoxy) is 2. The number of aliphatic hydroxyl groups excluding tert-OH is 1. The topological polar surface area (TPSA) is 122 Å². The minimum absolute atomic E-state index is 0.105. The van der Waals surface area contributed by atoms with E-state index in [1.807, 2.05) is 24.3 Å². The maximum atomic E-state index is 14.5. The van der Waals surface area contributed by atoms with Crippen molar-refractivity contribution < 1.29 is 24.2 Å². The molecule has 3 fully saturated rings. The van der Waals surface area contributed by atoms with Gasteiger partial charge >= 0.3 is 0 Å². The number of hydrogen-bond donors (Lipinski definition) is 4. The Morgan fingerprint density at radius 1 is 1.19 bits per heavy atom. The lowest BCUT2D eigenvalue weighted by Gasteiger charge is -2.50. The van der Waals surface area contributed by atoms with Gasteiger partial charge < -0.3 is 25.2 Å². The number of fused-ring (bicyclic) bond motifs is 3. The van der Waals surface area contributed by atoms with Crippen molar-refractivity contribution >= 4 is 40.8 Å². The predicted octanol–water partition coefficient (Wildman–Crippen LogP) is 3.95. The molecule has 2 aromatic rings. The zero-order valence-corrected chi connectivity index (χ0v) is 25.6. The highest BCUT2D eigenvalue weighted by molar-refractivity contribution is 6.30. The van der Waals surface area contributed by atoms with Gasteiger partial charge in [-0.05, 0) is 61.3 Å². The lowest BCUT2D eigenvalue weighted by Crippen LogP contribution is -2.61. The van der Waals surface area contributed by atoms with Crippen molar-refractivity contribution in [1.29, 1.82) is 0 Å². The molecule has 6 atom stereocenters. The Labute approximate surface area is 256 Å². The van der Waals surface area contributed by atoms with Crippen molar-refractivity contribution in [3.05, 3.63) is 57.7 Å². The molecule has 0 bridgehead atoms. The van der Waals surface area contributed by atoms with Gasteiger partial charge in [0.2, 0.25) is 11.8 Å². The standard InChI is InChI=1S/C31H38Cl2N4O5/c1-29(2)9-11-30(12-10-29)31(20-7-8-23(33)35-26(20)36-28(31)40)24(17-5-4-6-18(32)13-17)25(37-30)27(39)34-19-14-21(41-3)22(15-38)42-16-19/h4-8,13,19,21-22,24-25,37-38H,9-12,14-16H2,1-3H3,(H,34,39)(H,35,36,40)/t19-,21+,22-,24+,25-,31-/m1/s1. The first kappa shape index (κ1) is 29.8. The predicted molar refractivity (Wildman–Crippen MR) is 160 cm³/mol. The fourth-order valence-corrected chi connectivity index (χ4v) is 8.26. The van der Waals surface area contributed by atoms with Gasteiger partial charge in [-0.1, -0.05) is 55.2 Å². The van der Waals surface area contributed by atoms with Gasteiger partial charge in [-0.25, -0.2) is 4.98 Å². The van der Waals surface area contributed by atoms with E-state index in [1.165, 1.54) is 0 Å². The SMILES string of the molecule is CO[C@H]1C[C@@H](NC(=O)[C@@H]2NC3(CCC(C)(C)CC3)[C@@]3(C(=O)Nc4nc(Cl)ccc43)[C@H]2c2cccc(Cl)c2)CO[C@@H]1CO. The molecular weight excluding hydrogens is 579 g/mol. The molecule has 2 amide bonds. The molecule has 4 aliphatic rings. The van der Waals surface area contributed by atoms with Gasteiger partial charge in [-0.2, -0.15) is 0 Å². The Morgan fingerprint density at radius 2 is 1.95 bits per heavy atom. The van der Waals surface area contributed by atoms with E-state index in [1.54, 1.807) is 19.2 Å². The molecule has 226 valence electrons. The zero-order chi connectivity index (χ0) is 29.9. The second kappa shape index (κ2) is 11.0. The third kappa shape index (κ3) is 4.73. The summed E-state index contributed by atoms with van der Waals surface area (Å²) >= 11 is 12.8. The molecule has 0 radical (unpaired) electrons. The number of amides is 2. The third-order valence-corrected chi connectivity index (χ3v) is 10.5. The Balaban J connectivity index is 1.47. The van der Waals surface area contributed by atoms with E-state index >= 15 is 0 Å². The molecule has 4 N–H and O–H groups in total. The van der Waals surface area contributed by atoms with E-state index in [-0.39, 0.29) is 47.7 Å². The van der Waals surface area contributed by atoms with Crippen molar-refractivity contribution in [1.82, 2.24) is 15.6 Å². The van der Waals surface area contributed by atoms with Crippen LogP contribution in [-0.4, -0.2) is 72.1 Å². The molecule has 42 heavy (non-hydrogen) atoms. The van der Waals surface area contributed by atoms with Gasteiger partial charge in [0.25, 0.3) is 0 Å². The van der Waals surface area contributed by atoms with Crippen LogP contribution in [0.4, 0.5) is 5.82 Å². The van der Waals surface area contributed by atoms with Crippen LogP contribution in [0.1, 0.15) is 63.0 Å². The molecule has 1 aromatic heterocycles. The van der Waals surface area contributed by atoms with Crippen LogP contribution in [0, 0.1) is 5.41 Å². The van der Waals surface area contributed by atoms with E-state index in [0.717, 1.165) is 24.0 Å². The number of halogens is 2. The van der Waals surface area contributed by atoms with E-state index in [0.29, 0.717) is 30.1 Å². The van der Waals surface area contributed by atoms with Crippen LogP contribution in [0.3, 0.4) is 0 Å². The van der Waals surface area contributed by atoms with Crippen LogP contribution in [0.15, 0.2) is 36.4 Å². The highest BCUT2D eigenvalue weighted by Gasteiger charge is 2.73. The zero-order valence-electron chi connectivity index (χ0n) is 24.1. The van der Waals surface area contributed by atoms with Crippen molar-refractivity contribution in [2.24, 2.45) is 5.41 Å². The number of rotatable bonds is 5. The molecule has 4 heterocycles. The molecule has 2 spiro atoms. The molecule has 6 rings (SSSR count). The first-order valence-electron chi connectivity index (χ1n) is 14.6. The summed E-state index contributed by atoms with van der Waals surface area (Å²) in [4.78, 5) is 33.4. The smallest absolute Gasteiger partial charge is 0.238 e. The van der Waals surface area contributed by atoms with Crippen LogP contribution in [-0.2, 0) is 24.5 Å². The van der Waals surface area contributed by atoms with Crippen molar-refractivity contribution in [3.63, 3.8) is 0 Å². The number of pyridine rings is 1. The van der Waals surface area contributed by atoms with E-state index < -0.39 is 29.0 Å². The Kier molecular flexibility index (Phi) is 7.82. The average molecular weight is 618 g/mol. The Bertz CT molecular complexity index is 1380. The Morgan fingerprint density at radius 3 is 2.64 bits per heavy atom. The first-order valence-corrected chi connectivity index (χ1v) is 15.4. The van der Waals surface area contributed by atoms with Crippen molar-refractivity contribution in [3.8, 4) is 0 Å². The van der Waals surface area contributed by atoms with Crippen molar-refractivity contribution in [2.75, 3.05) is 25.6 Å². The highest BCUT2D eigenvalue weighted by Crippen LogP contribution is 2.63. The van der Waals surface area contributed by atoms with E-state index in [4.69, 9.17) is 32.7 Å². The molecule has 9 nitrogen and oxygen atoms in total. The summed E-state index contributed by atoms with van der Waals surface area (Å²) in [5.41, 5.74) is -0.208. The van der Waals surface area contributed by atoms with Gasteiger partial charge in [-0.3, -0.25) is 14.9 Å². The average Bonchev–Trinajstić information content (AvgIpc) is 3.42. The van der Waals surface area contributed by atoms with Gasteiger partial charge in [-0.15, -0.1) is 0 Å². The molecule has 1 aliphatic carbocycles. The summed E-state index contributed by atoms with van der Waals surface area (Å²) in [7, 11) is 1.57. The van der Waals surface area contributed by atoms with Crippen LogP contribution in [0.2, 0.25) is 10.2 Å². The summed E-state index contributed by atoms with van der Waals surface area (Å²) in [6.07, 6.45) is 2.88. The summed E-state index contributed by atoms with van der Waals surface area (Å²) in [5, 5.41) is 20.5. The fraction of sp³-hybridized carbons (Fsp3) is 0.581. The second-order valence-corrected chi connectivity index (χ2v) is 13.8. The first-order chi connectivity index (χ1) is 20.0. The number of carbonyl (C=O) groups is 2. The lowest BCUT2D eigenvalue weighted by molar-refractivity contribution is -0.134. The molecule has 3 aliphatic heterocycles. The summed E-state index contributed by atoms with van der Waals surface area (Å²) in [5.74, 6) is -0.569. The number of aliphatic hydroxyl groups is 1. The van der Waals surface area contributed by atoms with Gasteiger partial charge in [0.05, 0.1) is 31.4 Å². The highest BCUT2D eigenvalue weighted by atomic mass is 35.5. The van der Waals surface area contributed by atoms with Crippen LogP contribution < -0.4 is 16.0 Å². The monoisotopic (exact) mass is 616 g/mol. The van der Waals surface area contributed by atoms with E-state index in [2.05, 4.69) is 34.8 Å². The van der Waals surface area contributed by atoms with E-state index in [9.17, 15) is 14.7 Å². The largest absolute Gasteiger partial charge is 0.394 e. The molecule has 1 saturated carbocycles. The maximum absolute atomic E-state index is 14.5. The molecule has 11 heteroatoms. The van der Waals surface area contributed by atoms with Crippen LogP contribution in [0.5, 0.6) is 0 Å². The quantitative estimate of drug-likeness (QED) is 0.375. The number of nitrogens with zero attached hydrogens (tertiary/aromatic N) is 1.